The van der Waals surface area contributed by atoms with E-state index in [1.54, 1.807) is 13.1 Å². The minimum Gasteiger partial charge on any atom is -0.506 e. The molecule has 3 rings (SSSR count). The molecule has 0 fully saturated rings. The lowest BCUT2D eigenvalue weighted by Gasteiger charge is -2.09. The zero-order chi connectivity index (χ0) is 20.1. The average Bonchev–Trinajstić information content (AvgIpc) is 2.69. The summed E-state index contributed by atoms with van der Waals surface area (Å²) < 4.78 is 1.80. The van der Waals surface area contributed by atoms with Crippen molar-refractivity contribution < 1.29 is 5.11 Å². The van der Waals surface area contributed by atoms with Gasteiger partial charge in [0.1, 0.15) is 5.75 Å². The summed E-state index contributed by atoms with van der Waals surface area (Å²) in [5.41, 5.74) is 4.28. The minimum atomic E-state index is 0.0802. The van der Waals surface area contributed by atoms with Gasteiger partial charge in [-0.2, -0.15) is 20.1 Å². The van der Waals surface area contributed by atoms with E-state index in [9.17, 15) is 5.11 Å². The number of aromatic hydroxyl groups is 1. The van der Waals surface area contributed by atoms with E-state index in [0.29, 0.717) is 26.4 Å². The Morgan fingerprint density at radius 1 is 0.964 bits per heavy atom. The normalized spacial score (nSPS) is 10.9. The summed E-state index contributed by atoms with van der Waals surface area (Å²) in [6, 6.07) is 11.3. The first-order valence-electron chi connectivity index (χ1n) is 7.89. The van der Waals surface area contributed by atoms with Crippen molar-refractivity contribution in [2.45, 2.75) is 0 Å². The third-order valence-corrected chi connectivity index (χ3v) is 5.49. The Morgan fingerprint density at radius 2 is 1.64 bits per heavy atom. The Labute approximate surface area is 186 Å². The molecule has 0 saturated heterocycles. The zero-order valence-electron chi connectivity index (χ0n) is 14.4. The van der Waals surface area contributed by atoms with Gasteiger partial charge in [-0.15, -0.1) is 0 Å². The summed E-state index contributed by atoms with van der Waals surface area (Å²) in [6.07, 6.45) is 1.54. The van der Waals surface area contributed by atoms with E-state index in [0.717, 1.165) is 10.2 Å². The molecule has 2 aromatic carbocycles. The van der Waals surface area contributed by atoms with E-state index >= 15 is 0 Å². The maximum absolute atomic E-state index is 10.0. The first kappa shape index (κ1) is 20.5. The van der Waals surface area contributed by atoms with E-state index in [2.05, 4.69) is 83.9 Å². The SMILES string of the molecule is CNc1nc(N/N=C\c2c(Br)cc(Br)c(O)c2Br)nc(Nc2ccccc2)n1. The number of hydrogen-bond acceptors (Lipinski definition) is 8. The molecule has 0 saturated carbocycles. The van der Waals surface area contributed by atoms with Crippen LogP contribution in [-0.2, 0) is 0 Å². The van der Waals surface area contributed by atoms with Gasteiger partial charge in [0, 0.05) is 22.8 Å². The molecule has 0 aliphatic rings. The fourth-order valence-electron chi connectivity index (χ4n) is 2.11. The molecule has 1 heterocycles. The van der Waals surface area contributed by atoms with Crippen molar-refractivity contribution >= 4 is 77.5 Å². The molecule has 0 spiro atoms. The van der Waals surface area contributed by atoms with Crippen molar-refractivity contribution in [3.63, 3.8) is 0 Å². The lowest BCUT2D eigenvalue weighted by atomic mass is 10.2. The molecule has 0 aliphatic carbocycles. The van der Waals surface area contributed by atoms with Gasteiger partial charge in [0.25, 0.3) is 0 Å². The summed E-state index contributed by atoms with van der Waals surface area (Å²) in [5.74, 6) is 1.08. The van der Waals surface area contributed by atoms with E-state index in [1.165, 1.54) is 6.21 Å². The maximum Gasteiger partial charge on any atom is 0.250 e. The monoisotopic (exact) mass is 569 g/mol. The van der Waals surface area contributed by atoms with E-state index in [1.807, 2.05) is 30.3 Å². The van der Waals surface area contributed by atoms with Crippen LogP contribution in [0.3, 0.4) is 0 Å². The van der Waals surface area contributed by atoms with Gasteiger partial charge in [0.15, 0.2) is 0 Å². The number of nitrogens with zero attached hydrogens (tertiary/aromatic N) is 4. The average molecular weight is 572 g/mol. The highest BCUT2D eigenvalue weighted by molar-refractivity contribution is 9.11. The first-order valence-corrected chi connectivity index (χ1v) is 10.3. The highest BCUT2D eigenvalue weighted by atomic mass is 79.9. The Morgan fingerprint density at radius 3 is 2.36 bits per heavy atom. The number of rotatable bonds is 6. The third-order valence-electron chi connectivity index (χ3n) is 3.43. The Kier molecular flexibility index (Phi) is 6.81. The first-order chi connectivity index (χ1) is 13.5. The summed E-state index contributed by atoms with van der Waals surface area (Å²) in [6.45, 7) is 0. The Hall–Kier alpha value is -2.24. The number of phenols is 1. The van der Waals surface area contributed by atoms with Gasteiger partial charge >= 0.3 is 0 Å². The number of phenolic OH excluding ortho intramolecular Hbond substituents is 1. The van der Waals surface area contributed by atoms with Crippen molar-refractivity contribution in [3.05, 3.63) is 55.4 Å². The summed E-state index contributed by atoms with van der Waals surface area (Å²) in [7, 11) is 1.72. The molecular formula is C17H14Br3N7O. The van der Waals surface area contributed by atoms with Crippen molar-refractivity contribution in [1.29, 1.82) is 0 Å². The van der Waals surface area contributed by atoms with Gasteiger partial charge in [0.05, 0.1) is 15.2 Å². The molecule has 3 aromatic rings. The number of para-hydroxylation sites is 1. The second-order valence-electron chi connectivity index (χ2n) is 5.33. The predicted molar refractivity (Wildman–Crippen MR) is 122 cm³/mol. The predicted octanol–water partition coefficient (Wildman–Crippen LogP) is 5.10. The number of nitrogens with one attached hydrogen (secondary N) is 3. The number of halogens is 3. The molecule has 1 aromatic heterocycles. The minimum absolute atomic E-state index is 0.0802. The quantitative estimate of drug-likeness (QED) is 0.241. The summed E-state index contributed by atoms with van der Waals surface area (Å²) in [4.78, 5) is 12.8. The molecule has 0 amide bonds. The maximum atomic E-state index is 10.0. The lowest BCUT2D eigenvalue weighted by Crippen LogP contribution is -2.07. The Balaban J connectivity index is 1.82. The molecule has 0 unspecified atom stereocenters. The van der Waals surface area contributed by atoms with Crippen LogP contribution in [0.2, 0.25) is 0 Å². The van der Waals surface area contributed by atoms with Gasteiger partial charge in [-0.05, 0) is 50.1 Å². The van der Waals surface area contributed by atoms with Crippen LogP contribution >= 0.6 is 47.8 Å². The highest BCUT2D eigenvalue weighted by Crippen LogP contribution is 2.38. The molecular weight excluding hydrogens is 558 g/mol. The largest absolute Gasteiger partial charge is 0.506 e. The van der Waals surface area contributed by atoms with E-state index < -0.39 is 0 Å². The van der Waals surface area contributed by atoms with Crippen LogP contribution in [0.25, 0.3) is 0 Å². The molecule has 28 heavy (non-hydrogen) atoms. The van der Waals surface area contributed by atoms with Gasteiger partial charge in [0.2, 0.25) is 17.8 Å². The van der Waals surface area contributed by atoms with Crippen LogP contribution in [-0.4, -0.2) is 33.3 Å². The summed E-state index contributed by atoms with van der Waals surface area (Å²) >= 11 is 10.1. The van der Waals surface area contributed by atoms with Gasteiger partial charge < -0.3 is 15.7 Å². The summed E-state index contributed by atoms with van der Waals surface area (Å²) in [5, 5.41) is 20.2. The molecule has 11 heteroatoms. The van der Waals surface area contributed by atoms with Crippen LogP contribution in [0.4, 0.5) is 23.5 Å². The molecule has 4 N–H and O–H groups in total. The molecule has 0 atom stereocenters. The smallest absolute Gasteiger partial charge is 0.250 e. The van der Waals surface area contributed by atoms with Crippen LogP contribution in [0.1, 0.15) is 5.56 Å². The van der Waals surface area contributed by atoms with Crippen LogP contribution in [0, 0.1) is 0 Å². The molecule has 144 valence electrons. The van der Waals surface area contributed by atoms with E-state index in [-0.39, 0.29) is 11.7 Å². The van der Waals surface area contributed by atoms with Crippen molar-refractivity contribution in [2.75, 3.05) is 23.1 Å². The second kappa shape index (κ2) is 9.30. The number of anilines is 4. The van der Waals surface area contributed by atoms with Gasteiger partial charge in [-0.3, -0.25) is 0 Å². The number of benzene rings is 2. The van der Waals surface area contributed by atoms with Crippen molar-refractivity contribution in [2.24, 2.45) is 5.10 Å². The van der Waals surface area contributed by atoms with Crippen LogP contribution < -0.4 is 16.1 Å². The molecule has 8 nitrogen and oxygen atoms in total. The van der Waals surface area contributed by atoms with Crippen molar-refractivity contribution in [1.82, 2.24) is 15.0 Å². The fourth-order valence-corrected chi connectivity index (χ4v) is 4.44. The molecule has 0 radical (unpaired) electrons. The second-order valence-corrected chi connectivity index (χ2v) is 7.84. The zero-order valence-corrected chi connectivity index (χ0v) is 19.2. The van der Waals surface area contributed by atoms with Gasteiger partial charge in [-0.1, -0.05) is 34.1 Å². The molecule has 0 aliphatic heterocycles. The standard InChI is InChI=1S/C17H14Br3N7O/c1-21-15-24-16(23-9-5-3-2-4-6-9)26-17(25-15)27-22-8-10-11(18)7-12(19)14(28)13(10)20/h2-8,28H,1H3,(H3,21,23,24,25,26,27)/b22-8-. The van der Waals surface area contributed by atoms with Crippen molar-refractivity contribution in [3.8, 4) is 5.75 Å². The highest BCUT2D eigenvalue weighted by Gasteiger charge is 2.12. The number of hydrazone groups is 1. The Bertz CT molecular complexity index is 1020. The lowest BCUT2D eigenvalue weighted by molar-refractivity contribution is 0.468. The van der Waals surface area contributed by atoms with E-state index in [4.69, 9.17) is 0 Å². The third kappa shape index (κ3) is 4.97. The molecule has 0 bridgehead atoms. The number of hydrogen-bond donors (Lipinski definition) is 4. The number of aromatic nitrogens is 3. The van der Waals surface area contributed by atoms with Gasteiger partial charge in [-0.25, -0.2) is 5.43 Å². The van der Waals surface area contributed by atoms with Crippen LogP contribution in [0.5, 0.6) is 5.75 Å². The topological polar surface area (TPSA) is 107 Å². The van der Waals surface area contributed by atoms with Crippen LogP contribution in [0.15, 0.2) is 54.9 Å². The fraction of sp³-hybridized carbons (Fsp3) is 0.0588.